The molecule has 1 saturated carbocycles. The van der Waals surface area contributed by atoms with Gasteiger partial charge in [-0.05, 0) is 31.7 Å². The van der Waals surface area contributed by atoms with Crippen LogP contribution in [0.3, 0.4) is 0 Å². The second-order valence-electron chi connectivity index (χ2n) is 4.20. The van der Waals surface area contributed by atoms with E-state index < -0.39 is 0 Å². The summed E-state index contributed by atoms with van der Waals surface area (Å²) in [7, 11) is 0. The van der Waals surface area contributed by atoms with Crippen LogP contribution in [0.15, 0.2) is 0 Å². The summed E-state index contributed by atoms with van der Waals surface area (Å²) < 4.78 is 0. The second kappa shape index (κ2) is 5.61. The molecule has 0 heterocycles. The fourth-order valence-electron chi connectivity index (χ4n) is 2.07. The number of aliphatic hydroxyl groups excluding tert-OH is 1. The van der Waals surface area contributed by atoms with Gasteiger partial charge in [0.15, 0.2) is 0 Å². The molecule has 0 aromatic rings. The van der Waals surface area contributed by atoms with Gasteiger partial charge >= 0.3 is 0 Å². The Morgan fingerprint density at radius 2 is 2.00 bits per heavy atom. The molecule has 2 atom stereocenters. The van der Waals surface area contributed by atoms with Gasteiger partial charge in [-0.1, -0.05) is 26.7 Å². The second-order valence-corrected chi connectivity index (χ2v) is 4.20. The molecule has 2 heteroatoms. The molecule has 2 nitrogen and oxygen atoms in total. The maximum absolute atomic E-state index is 9.58. The smallest absolute Gasteiger partial charge is 0.0693 e. The molecule has 0 aromatic heterocycles. The van der Waals surface area contributed by atoms with Gasteiger partial charge in [-0.3, -0.25) is 0 Å². The highest BCUT2D eigenvalue weighted by atomic mass is 16.3. The van der Waals surface area contributed by atoms with Crippen molar-refractivity contribution in [3.63, 3.8) is 0 Å². The van der Waals surface area contributed by atoms with Crippen LogP contribution in [0.2, 0.25) is 0 Å². The summed E-state index contributed by atoms with van der Waals surface area (Å²) in [6, 6.07) is 0.376. The molecule has 1 fully saturated rings. The van der Waals surface area contributed by atoms with Gasteiger partial charge in [0, 0.05) is 6.04 Å². The molecule has 0 aliphatic heterocycles. The standard InChI is InChI=1S/C11H23NO/c1-3-9(4-2)8-12-10-6-5-7-11(10)13/h9-13H,3-8H2,1-2H3/t10-,11-/m0/s1. The first-order valence-corrected chi connectivity index (χ1v) is 5.69. The van der Waals surface area contributed by atoms with Gasteiger partial charge in [-0.2, -0.15) is 0 Å². The molecule has 78 valence electrons. The summed E-state index contributed by atoms with van der Waals surface area (Å²) in [4.78, 5) is 0. The molecule has 0 bridgehead atoms. The quantitative estimate of drug-likeness (QED) is 0.686. The van der Waals surface area contributed by atoms with Crippen LogP contribution >= 0.6 is 0 Å². The molecule has 1 aliphatic carbocycles. The molecule has 0 aromatic carbocycles. The number of nitrogens with one attached hydrogen (secondary N) is 1. The highest BCUT2D eigenvalue weighted by Crippen LogP contribution is 2.19. The predicted octanol–water partition coefficient (Wildman–Crippen LogP) is 1.93. The first kappa shape index (κ1) is 11.0. The van der Waals surface area contributed by atoms with Crippen LogP contribution in [0.1, 0.15) is 46.0 Å². The third-order valence-corrected chi connectivity index (χ3v) is 3.30. The number of hydrogen-bond acceptors (Lipinski definition) is 2. The summed E-state index contributed by atoms with van der Waals surface area (Å²) >= 11 is 0. The van der Waals surface area contributed by atoms with Crippen molar-refractivity contribution < 1.29 is 5.11 Å². The molecular formula is C11H23NO. The van der Waals surface area contributed by atoms with Crippen molar-refractivity contribution >= 4 is 0 Å². The van der Waals surface area contributed by atoms with Crippen LogP contribution in [0, 0.1) is 5.92 Å². The third-order valence-electron chi connectivity index (χ3n) is 3.30. The Kier molecular flexibility index (Phi) is 4.74. The van der Waals surface area contributed by atoms with Crippen LogP contribution in [-0.4, -0.2) is 23.8 Å². The van der Waals surface area contributed by atoms with Crippen LogP contribution in [0.5, 0.6) is 0 Å². The van der Waals surface area contributed by atoms with E-state index in [1.807, 2.05) is 0 Å². The van der Waals surface area contributed by atoms with E-state index in [1.54, 1.807) is 0 Å². The van der Waals surface area contributed by atoms with E-state index in [-0.39, 0.29) is 6.10 Å². The third kappa shape index (κ3) is 3.28. The van der Waals surface area contributed by atoms with Crippen molar-refractivity contribution in [2.45, 2.75) is 58.1 Å². The largest absolute Gasteiger partial charge is 0.392 e. The molecule has 2 N–H and O–H groups in total. The summed E-state index contributed by atoms with van der Waals surface area (Å²) in [5.41, 5.74) is 0. The zero-order valence-corrected chi connectivity index (χ0v) is 8.92. The van der Waals surface area contributed by atoms with Crippen LogP contribution in [0.25, 0.3) is 0 Å². The van der Waals surface area contributed by atoms with E-state index in [0.29, 0.717) is 6.04 Å². The topological polar surface area (TPSA) is 32.3 Å². The zero-order chi connectivity index (χ0) is 9.68. The lowest BCUT2D eigenvalue weighted by molar-refractivity contribution is 0.146. The van der Waals surface area contributed by atoms with Gasteiger partial charge < -0.3 is 10.4 Å². The lowest BCUT2D eigenvalue weighted by Gasteiger charge is -2.20. The van der Waals surface area contributed by atoms with E-state index in [0.717, 1.165) is 25.3 Å². The highest BCUT2D eigenvalue weighted by Gasteiger charge is 2.24. The Balaban J connectivity index is 2.17. The maximum atomic E-state index is 9.58. The summed E-state index contributed by atoms with van der Waals surface area (Å²) in [6.07, 6.45) is 5.72. The molecule has 0 radical (unpaired) electrons. The van der Waals surface area contributed by atoms with E-state index in [2.05, 4.69) is 19.2 Å². The highest BCUT2D eigenvalue weighted by molar-refractivity contribution is 4.82. The number of hydrogen-bond donors (Lipinski definition) is 2. The van der Waals surface area contributed by atoms with Crippen molar-refractivity contribution in [2.24, 2.45) is 5.92 Å². The summed E-state index contributed by atoms with van der Waals surface area (Å²) in [6.45, 7) is 5.55. The van der Waals surface area contributed by atoms with Crippen LogP contribution in [-0.2, 0) is 0 Å². The van der Waals surface area contributed by atoms with Gasteiger partial charge in [-0.25, -0.2) is 0 Å². The summed E-state index contributed by atoms with van der Waals surface area (Å²) in [5, 5.41) is 13.1. The van der Waals surface area contributed by atoms with E-state index in [1.165, 1.54) is 19.3 Å². The fourth-order valence-corrected chi connectivity index (χ4v) is 2.07. The average molecular weight is 185 g/mol. The van der Waals surface area contributed by atoms with Gasteiger partial charge in [0.05, 0.1) is 6.10 Å². The van der Waals surface area contributed by atoms with E-state index >= 15 is 0 Å². The van der Waals surface area contributed by atoms with Crippen molar-refractivity contribution in [1.29, 1.82) is 0 Å². The molecule has 13 heavy (non-hydrogen) atoms. The lowest BCUT2D eigenvalue weighted by atomic mass is 10.0. The minimum Gasteiger partial charge on any atom is -0.392 e. The molecule has 0 amide bonds. The molecule has 1 rings (SSSR count). The van der Waals surface area contributed by atoms with Crippen molar-refractivity contribution in [3.8, 4) is 0 Å². The first-order valence-electron chi connectivity index (χ1n) is 5.69. The van der Waals surface area contributed by atoms with Crippen LogP contribution < -0.4 is 5.32 Å². The Bertz CT molecular complexity index is 134. The van der Waals surface area contributed by atoms with Gasteiger partial charge in [0.25, 0.3) is 0 Å². The van der Waals surface area contributed by atoms with Gasteiger partial charge in [0.2, 0.25) is 0 Å². The van der Waals surface area contributed by atoms with Gasteiger partial charge in [-0.15, -0.1) is 0 Å². The SMILES string of the molecule is CCC(CC)CN[C@H]1CCC[C@@H]1O. The lowest BCUT2D eigenvalue weighted by Crippen LogP contribution is -2.38. The van der Waals surface area contributed by atoms with Crippen molar-refractivity contribution in [1.82, 2.24) is 5.32 Å². The van der Waals surface area contributed by atoms with Crippen LogP contribution in [0.4, 0.5) is 0 Å². The summed E-state index contributed by atoms with van der Waals surface area (Å²) in [5.74, 6) is 0.785. The predicted molar refractivity (Wildman–Crippen MR) is 55.7 cm³/mol. The fraction of sp³-hybridized carbons (Fsp3) is 1.00. The van der Waals surface area contributed by atoms with Crippen molar-refractivity contribution in [2.75, 3.05) is 6.54 Å². The molecule has 0 saturated heterocycles. The Labute approximate surface area is 81.7 Å². The Morgan fingerprint density at radius 3 is 2.46 bits per heavy atom. The monoisotopic (exact) mass is 185 g/mol. The number of aliphatic hydroxyl groups is 1. The minimum atomic E-state index is -0.0886. The minimum absolute atomic E-state index is 0.0886. The first-order chi connectivity index (χ1) is 6.27. The molecule has 0 unspecified atom stereocenters. The Hall–Kier alpha value is -0.0800. The zero-order valence-electron chi connectivity index (χ0n) is 8.92. The Morgan fingerprint density at radius 1 is 1.31 bits per heavy atom. The molecule has 0 spiro atoms. The average Bonchev–Trinajstić information content (AvgIpc) is 2.54. The number of rotatable bonds is 5. The van der Waals surface area contributed by atoms with E-state index in [4.69, 9.17) is 0 Å². The van der Waals surface area contributed by atoms with Crippen molar-refractivity contribution in [3.05, 3.63) is 0 Å². The maximum Gasteiger partial charge on any atom is 0.0693 e. The molecule has 1 aliphatic rings. The van der Waals surface area contributed by atoms with E-state index in [9.17, 15) is 5.11 Å². The normalized spacial score (nSPS) is 28.6. The molecular weight excluding hydrogens is 162 g/mol. The van der Waals surface area contributed by atoms with Gasteiger partial charge in [0.1, 0.15) is 0 Å².